The van der Waals surface area contributed by atoms with E-state index >= 15 is 0 Å². The first-order valence-corrected chi connectivity index (χ1v) is 10.7. The second kappa shape index (κ2) is 8.03. The number of sulfone groups is 1. The summed E-state index contributed by atoms with van der Waals surface area (Å²) in [5.74, 6) is -0.602. The van der Waals surface area contributed by atoms with Crippen LogP contribution in [0.4, 0.5) is 5.69 Å². The van der Waals surface area contributed by atoms with Crippen LogP contribution in [0.25, 0.3) is 0 Å². The minimum absolute atomic E-state index is 0.0611. The molecule has 140 valence electrons. The highest BCUT2D eigenvalue weighted by Gasteiger charge is 2.35. The molecule has 0 aromatic heterocycles. The molecule has 1 heterocycles. The summed E-state index contributed by atoms with van der Waals surface area (Å²) in [6.45, 7) is -0.374. The molecule has 1 aromatic rings. The molecule has 0 saturated carbocycles. The molecule has 0 bridgehead atoms. The summed E-state index contributed by atoms with van der Waals surface area (Å²) in [7, 11) is -3.14. The van der Waals surface area contributed by atoms with Crippen molar-refractivity contribution in [3.8, 4) is 0 Å². The summed E-state index contributed by atoms with van der Waals surface area (Å²) in [6.07, 6.45) is 6.61. The molecule has 1 aromatic carbocycles. The molecule has 1 aliphatic heterocycles. The first-order valence-electron chi connectivity index (χ1n) is 8.84. The summed E-state index contributed by atoms with van der Waals surface area (Å²) in [4.78, 5) is 26.2. The molecule has 3 rings (SSSR count). The van der Waals surface area contributed by atoms with Crippen molar-refractivity contribution in [1.29, 1.82) is 0 Å². The van der Waals surface area contributed by atoms with Gasteiger partial charge in [0.25, 0.3) is 5.91 Å². The third-order valence-corrected chi connectivity index (χ3v) is 6.52. The molecule has 0 N–H and O–H groups in total. The van der Waals surface area contributed by atoms with E-state index < -0.39 is 27.8 Å². The SMILES string of the molecule is O=C(C[C@@H]1C=CCC1)OCC(=O)N(c1ccccc1)[C@H]1CCS(=O)(=O)C1. The predicted octanol–water partition coefficient (Wildman–Crippen LogP) is 2.11. The van der Waals surface area contributed by atoms with Crippen molar-refractivity contribution in [2.75, 3.05) is 23.0 Å². The summed E-state index contributed by atoms with van der Waals surface area (Å²) >= 11 is 0. The summed E-state index contributed by atoms with van der Waals surface area (Å²) < 4.78 is 28.8. The number of esters is 1. The van der Waals surface area contributed by atoms with Crippen LogP contribution >= 0.6 is 0 Å². The van der Waals surface area contributed by atoms with Gasteiger partial charge in [-0.25, -0.2) is 8.42 Å². The minimum Gasteiger partial charge on any atom is -0.456 e. The number of amides is 1. The van der Waals surface area contributed by atoms with Gasteiger partial charge in [0, 0.05) is 5.69 Å². The van der Waals surface area contributed by atoms with Crippen LogP contribution < -0.4 is 4.90 Å². The number of allylic oxidation sites excluding steroid dienone is 2. The van der Waals surface area contributed by atoms with E-state index in [0.717, 1.165) is 12.8 Å². The van der Waals surface area contributed by atoms with Gasteiger partial charge in [-0.2, -0.15) is 0 Å². The topological polar surface area (TPSA) is 80.8 Å². The lowest BCUT2D eigenvalue weighted by molar-refractivity contribution is -0.148. The van der Waals surface area contributed by atoms with Gasteiger partial charge in [-0.3, -0.25) is 9.59 Å². The van der Waals surface area contributed by atoms with Crippen LogP contribution in [0.3, 0.4) is 0 Å². The Morgan fingerprint density at radius 1 is 1.15 bits per heavy atom. The van der Waals surface area contributed by atoms with E-state index in [0.29, 0.717) is 12.1 Å². The number of rotatable bonds is 6. The van der Waals surface area contributed by atoms with Crippen molar-refractivity contribution >= 4 is 27.4 Å². The normalized spacial score (nSPS) is 23.7. The quantitative estimate of drug-likeness (QED) is 0.560. The number of hydrogen-bond donors (Lipinski definition) is 0. The molecule has 2 aliphatic rings. The minimum atomic E-state index is -3.14. The van der Waals surface area contributed by atoms with Crippen molar-refractivity contribution in [2.45, 2.75) is 31.7 Å². The summed E-state index contributed by atoms with van der Waals surface area (Å²) in [5.41, 5.74) is 0.620. The number of carbonyl (C=O) groups excluding carboxylic acids is 2. The third-order valence-electron chi connectivity index (χ3n) is 4.77. The predicted molar refractivity (Wildman–Crippen MR) is 98.4 cm³/mol. The Balaban J connectivity index is 1.65. The standard InChI is InChI=1S/C19H23NO5S/c21-18(13-25-19(22)12-15-6-4-5-7-15)20(16-8-2-1-3-9-16)17-10-11-26(23,24)14-17/h1-4,6,8-9,15,17H,5,7,10-14H2/t15-,17+/m1/s1. The highest BCUT2D eigenvalue weighted by molar-refractivity contribution is 7.91. The average molecular weight is 377 g/mol. The van der Waals surface area contributed by atoms with E-state index in [-0.39, 0.29) is 30.5 Å². The third kappa shape index (κ3) is 4.72. The molecular formula is C19H23NO5S. The van der Waals surface area contributed by atoms with E-state index in [9.17, 15) is 18.0 Å². The van der Waals surface area contributed by atoms with Crippen LogP contribution in [0.5, 0.6) is 0 Å². The van der Waals surface area contributed by atoms with Gasteiger partial charge in [-0.1, -0.05) is 30.4 Å². The maximum atomic E-state index is 12.7. The molecule has 26 heavy (non-hydrogen) atoms. The van der Waals surface area contributed by atoms with Crippen molar-refractivity contribution in [1.82, 2.24) is 0 Å². The van der Waals surface area contributed by atoms with E-state index in [1.54, 1.807) is 24.3 Å². The number of nitrogens with zero attached hydrogens (tertiary/aromatic N) is 1. The second-order valence-electron chi connectivity index (χ2n) is 6.79. The molecule has 1 saturated heterocycles. The zero-order valence-electron chi connectivity index (χ0n) is 14.5. The van der Waals surface area contributed by atoms with Crippen LogP contribution in [0.2, 0.25) is 0 Å². The number of hydrogen-bond acceptors (Lipinski definition) is 5. The van der Waals surface area contributed by atoms with Crippen molar-refractivity contribution in [2.24, 2.45) is 5.92 Å². The lowest BCUT2D eigenvalue weighted by Crippen LogP contribution is -2.43. The monoisotopic (exact) mass is 377 g/mol. The molecule has 7 heteroatoms. The molecule has 0 radical (unpaired) electrons. The Hall–Kier alpha value is -2.15. The first kappa shape index (κ1) is 18.6. The lowest BCUT2D eigenvalue weighted by atomic mass is 10.1. The summed E-state index contributed by atoms with van der Waals surface area (Å²) in [5, 5.41) is 0. The van der Waals surface area contributed by atoms with Crippen molar-refractivity contribution < 1.29 is 22.7 Å². The molecule has 2 atom stereocenters. The fourth-order valence-electron chi connectivity index (χ4n) is 3.48. The lowest BCUT2D eigenvalue weighted by Gasteiger charge is -2.28. The van der Waals surface area contributed by atoms with Gasteiger partial charge in [-0.05, 0) is 37.3 Å². The van der Waals surface area contributed by atoms with Gasteiger partial charge in [0.1, 0.15) is 0 Å². The fraction of sp³-hybridized carbons (Fsp3) is 0.474. The Kier molecular flexibility index (Phi) is 5.76. The van der Waals surface area contributed by atoms with Gasteiger partial charge in [0.2, 0.25) is 0 Å². The molecular weight excluding hydrogens is 354 g/mol. The first-order chi connectivity index (χ1) is 12.4. The van der Waals surface area contributed by atoms with Crippen LogP contribution in [-0.2, 0) is 24.2 Å². The Morgan fingerprint density at radius 3 is 2.54 bits per heavy atom. The smallest absolute Gasteiger partial charge is 0.306 e. The summed E-state index contributed by atoms with van der Waals surface area (Å²) in [6, 6.07) is 8.50. The van der Waals surface area contributed by atoms with Gasteiger partial charge in [-0.15, -0.1) is 0 Å². The molecule has 6 nitrogen and oxygen atoms in total. The number of carbonyl (C=O) groups is 2. The van der Waals surface area contributed by atoms with Gasteiger partial charge < -0.3 is 9.64 Å². The van der Waals surface area contributed by atoms with Gasteiger partial charge in [0.05, 0.1) is 24.0 Å². The van der Waals surface area contributed by atoms with Crippen molar-refractivity contribution in [3.05, 3.63) is 42.5 Å². The highest BCUT2D eigenvalue weighted by atomic mass is 32.2. The van der Waals surface area contributed by atoms with Crippen LogP contribution in [0.1, 0.15) is 25.7 Å². The number of benzene rings is 1. The number of anilines is 1. The van der Waals surface area contributed by atoms with E-state index in [1.807, 2.05) is 18.2 Å². The van der Waals surface area contributed by atoms with Crippen LogP contribution in [0, 0.1) is 5.92 Å². The van der Waals surface area contributed by atoms with Crippen LogP contribution in [-0.4, -0.2) is 44.4 Å². The van der Waals surface area contributed by atoms with Crippen LogP contribution in [0.15, 0.2) is 42.5 Å². The number of para-hydroxylation sites is 1. The molecule has 1 amide bonds. The Labute approximate surface area is 153 Å². The zero-order chi connectivity index (χ0) is 18.6. The maximum absolute atomic E-state index is 12.7. The zero-order valence-corrected chi connectivity index (χ0v) is 15.4. The highest BCUT2D eigenvalue weighted by Crippen LogP contribution is 2.25. The van der Waals surface area contributed by atoms with Gasteiger partial charge >= 0.3 is 5.97 Å². The fourth-order valence-corrected chi connectivity index (χ4v) is 5.18. The second-order valence-corrected chi connectivity index (χ2v) is 9.02. The Bertz CT molecular complexity index is 787. The average Bonchev–Trinajstić information content (AvgIpc) is 3.24. The Morgan fingerprint density at radius 2 is 1.92 bits per heavy atom. The largest absolute Gasteiger partial charge is 0.456 e. The molecule has 1 aliphatic carbocycles. The molecule has 0 spiro atoms. The molecule has 1 fully saturated rings. The van der Waals surface area contributed by atoms with Crippen molar-refractivity contribution in [3.63, 3.8) is 0 Å². The van der Waals surface area contributed by atoms with E-state index in [1.165, 1.54) is 4.90 Å². The molecule has 0 unspecified atom stereocenters. The number of ether oxygens (including phenoxy) is 1. The maximum Gasteiger partial charge on any atom is 0.306 e. The van der Waals surface area contributed by atoms with Gasteiger partial charge in [0.15, 0.2) is 16.4 Å². The van der Waals surface area contributed by atoms with E-state index in [2.05, 4.69) is 0 Å². The van der Waals surface area contributed by atoms with E-state index in [4.69, 9.17) is 4.74 Å².